The Hall–Kier alpha value is -2.77. The minimum Gasteiger partial charge on any atom is -0.454 e. The molecule has 0 fully saturated rings. The average molecular weight is 346 g/mol. The first kappa shape index (κ1) is 17.1. The minimum atomic E-state index is -0.157. The van der Waals surface area contributed by atoms with Crippen LogP contribution in [0.2, 0.25) is 0 Å². The summed E-state index contributed by atoms with van der Waals surface area (Å²) in [5, 5.41) is 6.76. The molecule has 1 aliphatic heterocycles. The molecule has 1 aliphatic rings. The first-order chi connectivity index (χ1) is 11.8. The van der Waals surface area contributed by atoms with Crippen molar-refractivity contribution in [1.29, 1.82) is 0 Å². The third-order valence-corrected chi connectivity index (χ3v) is 3.75. The maximum Gasteiger partial charge on any atom is 0.231 e. The van der Waals surface area contributed by atoms with Crippen LogP contribution in [0.3, 0.4) is 0 Å². The van der Waals surface area contributed by atoms with Gasteiger partial charge in [-0.2, -0.15) is 4.98 Å². The van der Waals surface area contributed by atoms with Gasteiger partial charge in [-0.1, -0.05) is 25.9 Å². The number of nitrogen functional groups attached to an aromatic ring is 1. The van der Waals surface area contributed by atoms with Crippen LogP contribution >= 0.6 is 0 Å². The number of aryl methyl sites for hydroxylation is 1. The number of rotatable bonds is 5. The molecule has 0 aliphatic carbocycles. The summed E-state index contributed by atoms with van der Waals surface area (Å²) in [6.45, 7) is 6.22. The van der Waals surface area contributed by atoms with E-state index in [0.29, 0.717) is 53.9 Å². The van der Waals surface area contributed by atoms with Crippen molar-refractivity contribution in [3.63, 3.8) is 0 Å². The van der Waals surface area contributed by atoms with Crippen LogP contribution in [0.15, 0.2) is 16.7 Å². The molecule has 0 spiro atoms. The lowest BCUT2D eigenvalue weighted by Gasteiger charge is -2.10. The van der Waals surface area contributed by atoms with Crippen molar-refractivity contribution in [2.24, 2.45) is 0 Å². The zero-order valence-corrected chi connectivity index (χ0v) is 14.6. The van der Waals surface area contributed by atoms with Crippen LogP contribution in [-0.2, 0) is 16.6 Å². The summed E-state index contributed by atoms with van der Waals surface area (Å²) in [7, 11) is 0. The Morgan fingerprint density at radius 2 is 2.00 bits per heavy atom. The third-order valence-electron chi connectivity index (χ3n) is 3.75. The van der Waals surface area contributed by atoms with Gasteiger partial charge in [0.15, 0.2) is 17.3 Å². The Labute approximate surface area is 145 Å². The smallest absolute Gasteiger partial charge is 0.231 e. The van der Waals surface area contributed by atoms with Gasteiger partial charge >= 0.3 is 0 Å². The number of carbonyl (C=O) groups excluding carboxylic acids is 1. The van der Waals surface area contributed by atoms with E-state index in [1.807, 2.05) is 20.8 Å². The summed E-state index contributed by atoms with van der Waals surface area (Å²) in [6.07, 6.45) is 1.47. The zero-order chi connectivity index (χ0) is 18.0. The summed E-state index contributed by atoms with van der Waals surface area (Å²) >= 11 is 0. The van der Waals surface area contributed by atoms with E-state index >= 15 is 0 Å². The van der Waals surface area contributed by atoms with Gasteiger partial charge in [0.1, 0.15) is 0 Å². The number of aromatic nitrogens is 2. The second kappa shape index (κ2) is 6.62. The van der Waals surface area contributed by atoms with E-state index in [1.54, 1.807) is 12.1 Å². The average Bonchev–Trinajstić information content (AvgIpc) is 3.16. The molecule has 0 saturated heterocycles. The number of fused-ring (bicyclic) bond motifs is 1. The minimum absolute atomic E-state index is 0.138. The molecule has 0 unspecified atom stereocenters. The molecule has 2 aromatic rings. The van der Waals surface area contributed by atoms with Gasteiger partial charge < -0.3 is 25.0 Å². The van der Waals surface area contributed by atoms with E-state index in [-0.39, 0.29) is 18.1 Å². The number of ether oxygens (including phenoxy) is 2. The normalized spacial score (nSPS) is 13.1. The van der Waals surface area contributed by atoms with E-state index in [0.717, 1.165) is 0 Å². The van der Waals surface area contributed by atoms with E-state index in [4.69, 9.17) is 19.7 Å². The number of nitrogens with one attached hydrogen (secondary N) is 1. The summed E-state index contributed by atoms with van der Waals surface area (Å²) < 4.78 is 15.7. The van der Waals surface area contributed by atoms with Gasteiger partial charge in [0.05, 0.1) is 11.4 Å². The predicted octanol–water partition coefficient (Wildman–Crippen LogP) is 2.64. The van der Waals surface area contributed by atoms with Gasteiger partial charge in [-0.25, -0.2) is 0 Å². The highest BCUT2D eigenvalue weighted by molar-refractivity contribution is 5.94. The van der Waals surface area contributed by atoms with Crippen LogP contribution in [0.5, 0.6) is 11.5 Å². The van der Waals surface area contributed by atoms with Crippen LogP contribution in [0, 0.1) is 0 Å². The van der Waals surface area contributed by atoms with Crippen LogP contribution < -0.4 is 20.5 Å². The summed E-state index contributed by atoms with van der Waals surface area (Å²) in [5.74, 6) is 2.23. The third kappa shape index (κ3) is 4.01. The molecule has 8 heteroatoms. The highest BCUT2D eigenvalue weighted by Gasteiger charge is 2.21. The Kier molecular flexibility index (Phi) is 4.52. The molecule has 1 amide bonds. The van der Waals surface area contributed by atoms with E-state index < -0.39 is 0 Å². The topological polar surface area (TPSA) is 113 Å². The van der Waals surface area contributed by atoms with Gasteiger partial charge in [0.25, 0.3) is 0 Å². The molecule has 8 nitrogen and oxygen atoms in total. The predicted molar refractivity (Wildman–Crippen MR) is 91.5 cm³/mol. The number of hydrogen-bond acceptors (Lipinski definition) is 7. The van der Waals surface area contributed by atoms with E-state index in [2.05, 4.69) is 15.5 Å². The highest BCUT2D eigenvalue weighted by atomic mass is 16.7. The van der Waals surface area contributed by atoms with Crippen molar-refractivity contribution in [2.45, 2.75) is 45.4 Å². The maximum absolute atomic E-state index is 12.1. The number of hydrogen-bond donors (Lipinski definition) is 2. The Balaban J connectivity index is 1.51. The number of benzene rings is 1. The molecular formula is C17H22N4O4. The number of amides is 1. The molecule has 25 heavy (non-hydrogen) atoms. The summed E-state index contributed by atoms with van der Waals surface area (Å²) in [4.78, 5) is 16.5. The number of anilines is 2. The van der Waals surface area contributed by atoms with Crippen LogP contribution in [0.25, 0.3) is 0 Å². The van der Waals surface area contributed by atoms with Crippen LogP contribution in [0.1, 0.15) is 45.3 Å². The fraction of sp³-hybridized carbons (Fsp3) is 0.471. The fourth-order valence-corrected chi connectivity index (χ4v) is 2.34. The Morgan fingerprint density at radius 1 is 1.28 bits per heavy atom. The quantitative estimate of drug-likeness (QED) is 0.800. The Morgan fingerprint density at radius 3 is 2.68 bits per heavy atom. The van der Waals surface area contributed by atoms with Crippen molar-refractivity contribution >= 4 is 17.3 Å². The van der Waals surface area contributed by atoms with Gasteiger partial charge in [-0.15, -0.1) is 0 Å². The highest BCUT2D eigenvalue weighted by Crippen LogP contribution is 2.38. The summed E-state index contributed by atoms with van der Waals surface area (Å²) in [5.41, 5.74) is 6.72. The molecule has 0 atom stereocenters. The van der Waals surface area contributed by atoms with Crippen LogP contribution in [0.4, 0.5) is 11.4 Å². The number of nitrogens with two attached hydrogens (primary N) is 1. The van der Waals surface area contributed by atoms with Crippen LogP contribution in [-0.4, -0.2) is 22.8 Å². The molecule has 0 bridgehead atoms. The molecule has 2 heterocycles. The lowest BCUT2D eigenvalue weighted by molar-refractivity contribution is -0.116. The van der Waals surface area contributed by atoms with Gasteiger partial charge in [-0.3, -0.25) is 4.79 Å². The fourth-order valence-electron chi connectivity index (χ4n) is 2.34. The molecule has 134 valence electrons. The monoisotopic (exact) mass is 346 g/mol. The van der Waals surface area contributed by atoms with Gasteiger partial charge in [0, 0.05) is 30.4 Å². The van der Waals surface area contributed by atoms with Crippen molar-refractivity contribution in [3.8, 4) is 11.5 Å². The standard InChI is InChI=1S/C17H22N4O4/c1-17(2,3)16-20-15(25-21-16)6-4-5-14(22)19-11-8-13-12(7-10(11)18)23-9-24-13/h7-8H,4-6,9,18H2,1-3H3,(H,19,22). The molecule has 0 saturated carbocycles. The SMILES string of the molecule is CC(C)(C)c1noc(CCCC(=O)Nc2cc3c(cc2N)OCO3)n1. The van der Waals surface area contributed by atoms with Crippen molar-refractivity contribution < 1.29 is 18.8 Å². The number of carbonyl (C=O) groups is 1. The zero-order valence-electron chi connectivity index (χ0n) is 14.6. The lowest BCUT2D eigenvalue weighted by Crippen LogP contribution is -2.14. The summed E-state index contributed by atoms with van der Waals surface area (Å²) in [6, 6.07) is 3.31. The van der Waals surface area contributed by atoms with Crippen molar-refractivity contribution in [2.75, 3.05) is 17.8 Å². The van der Waals surface area contributed by atoms with Crippen molar-refractivity contribution in [1.82, 2.24) is 10.1 Å². The molecular weight excluding hydrogens is 324 g/mol. The van der Waals surface area contributed by atoms with Gasteiger partial charge in [-0.05, 0) is 6.42 Å². The first-order valence-electron chi connectivity index (χ1n) is 8.15. The van der Waals surface area contributed by atoms with E-state index in [9.17, 15) is 4.79 Å². The second-order valence-corrected chi connectivity index (χ2v) is 6.96. The maximum atomic E-state index is 12.1. The van der Waals surface area contributed by atoms with E-state index in [1.165, 1.54) is 0 Å². The first-order valence-corrected chi connectivity index (χ1v) is 8.15. The molecule has 3 rings (SSSR count). The molecule has 1 aromatic heterocycles. The van der Waals surface area contributed by atoms with Crippen molar-refractivity contribution in [3.05, 3.63) is 23.8 Å². The number of nitrogens with zero attached hydrogens (tertiary/aromatic N) is 2. The lowest BCUT2D eigenvalue weighted by atomic mass is 9.96. The largest absolute Gasteiger partial charge is 0.454 e. The molecule has 0 radical (unpaired) electrons. The molecule has 3 N–H and O–H groups in total. The second-order valence-electron chi connectivity index (χ2n) is 6.96. The van der Waals surface area contributed by atoms with Gasteiger partial charge in [0.2, 0.25) is 18.6 Å². The Bertz CT molecular complexity index is 779. The molecule has 1 aromatic carbocycles.